The van der Waals surface area contributed by atoms with Crippen molar-refractivity contribution in [1.82, 2.24) is 5.16 Å². The number of nitrogens with one attached hydrogen (secondary N) is 1. The number of benzene rings is 2. The van der Waals surface area contributed by atoms with Gasteiger partial charge in [-0.15, -0.1) is 0 Å². The van der Waals surface area contributed by atoms with E-state index in [1.807, 2.05) is 36.4 Å². The molecule has 0 unspecified atom stereocenters. The summed E-state index contributed by atoms with van der Waals surface area (Å²) in [5.74, 6) is 0.916. The molecule has 0 saturated carbocycles. The summed E-state index contributed by atoms with van der Waals surface area (Å²) in [4.78, 5) is 12.2. The van der Waals surface area contributed by atoms with E-state index in [1.54, 1.807) is 19.3 Å². The molecular formula is C18H14N2O3. The van der Waals surface area contributed by atoms with Crippen molar-refractivity contribution in [1.29, 1.82) is 0 Å². The van der Waals surface area contributed by atoms with Crippen LogP contribution in [-0.2, 0) is 11.2 Å². The summed E-state index contributed by atoms with van der Waals surface area (Å²) in [6.45, 7) is 1.78. The van der Waals surface area contributed by atoms with Crippen LogP contribution in [0.3, 0.4) is 0 Å². The van der Waals surface area contributed by atoms with Gasteiger partial charge in [0.2, 0.25) is 5.91 Å². The Balaban J connectivity index is 1.68. The summed E-state index contributed by atoms with van der Waals surface area (Å²) < 4.78 is 10.5. The summed E-state index contributed by atoms with van der Waals surface area (Å²) in [6.07, 6.45) is 1.86. The molecule has 0 radical (unpaired) electrons. The van der Waals surface area contributed by atoms with E-state index in [2.05, 4.69) is 10.5 Å². The molecule has 2 aromatic carbocycles. The Bertz CT molecular complexity index is 1010. The Morgan fingerprint density at radius 2 is 2.09 bits per heavy atom. The van der Waals surface area contributed by atoms with E-state index in [1.165, 1.54) is 0 Å². The van der Waals surface area contributed by atoms with Crippen molar-refractivity contribution in [2.75, 3.05) is 5.32 Å². The van der Waals surface area contributed by atoms with E-state index in [4.69, 9.17) is 8.94 Å². The van der Waals surface area contributed by atoms with Crippen LogP contribution in [0.2, 0.25) is 0 Å². The predicted octanol–water partition coefficient (Wildman–Crippen LogP) is 4.06. The first-order chi connectivity index (χ1) is 11.2. The number of furan rings is 1. The first-order valence-electron chi connectivity index (χ1n) is 7.32. The molecular weight excluding hydrogens is 292 g/mol. The minimum absolute atomic E-state index is 0.158. The van der Waals surface area contributed by atoms with Crippen LogP contribution in [0.15, 0.2) is 57.7 Å². The average Bonchev–Trinajstić information content (AvgIpc) is 3.14. The second-order valence-electron chi connectivity index (χ2n) is 5.47. The molecule has 0 atom stereocenters. The quantitative estimate of drug-likeness (QED) is 0.619. The molecule has 2 aromatic heterocycles. The van der Waals surface area contributed by atoms with E-state index in [9.17, 15) is 4.79 Å². The summed E-state index contributed by atoms with van der Waals surface area (Å²) in [6, 6.07) is 13.7. The Labute approximate surface area is 131 Å². The number of anilines is 1. The number of fused-ring (bicyclic) bond motifs is 3. The van der Waals surface area contributed by atoms with Crippen LogP contribution in [0.1, 0.15) is 11.3 Å². The number of hydrogen-bond acceptors (Lipinski definition) is 4. The largest absolute Gasteiger partial charge is 0.464 e. The molecule has 0 aliphatic rings. The molecule has 5 nitrogen and oxygen atoms in total. The fraction of sp³-hybridized carbons (Fsp3) is 0.111. The maximum atomic E-state index is 12.2. The number of rotatable bonds is 3. The minimum atomic E-state index is -0.158. The zero-order valence-corrected chi connectivity index (χ0v) is 12.5. The predicted molar refractivity (Wildman–Crippen MR) is 87.3 cm³/mol. The fourth-order valence-electron chi connectivity index (χ4n) is 2.79. The van der Waals surface area contributed by atoms with Crippen LogP contribution in [0.4, 0.5) is 5.82 Å². The van der Waals surface area contributed by atoms with Crippen LogP contribution in [-0.4, -0.2) is 11.1 Å². The molecule has 0 fully saturated rings. The van der Waals surface area contributed by atoms with Crippen molar-refractivity contribution < 1.29 is 13.7 Å². The molecule has 5 heteroatoms. The summed E-state index contributed by atoms with van der Waals surface area (Å²) in [5.41, 5.74) is 1.64. The number of nitrogens with zero attached hydrogens (tertiary/aromatic N) is 1. The molecule has 0 spiro atoms. The number of hydrogen-bond donors (Lipinski definition) is 1. The lowest BCUT2D eigenvalue weighted by molar-refractivity contribution is -0.115. The highest BCUT2D eigenvalue weighted by Crippen LogP contribution is 2.30. The highest BCUT2D eigenvalue weighted by Gasteiger charge is 2.14. The molecule has 1 amide bonds. The van der Waals surface area contributed by atoms with Gasteiger partial charge >= 0.3 is 0 Å². The Kier molecular flexibility index (Phi) is 3.12. The van der Waals surface area contributed by atoms with Gasteiger partial charge in [-0.25, -0.2) is 0 Å². The minimum Gasteiger partial charge on any atom is -0.464 e. The van der Waals surface area contributed by atoms with Crippen molar-refractivity contribution in [3.05, 3.63) is 60.1 Å². The van der Waals surface area contributed by atoms with Crippen molar-refractivity contribution in [2.45, 2.75) is 13.3 Å². The van der Waals surface area contributed by atoms with Gasteiger partial charge in [0.1, 0.15) is 11.3 Å². The topological polar surface area (TPSA) is 68.3 Å². The van der Waals surface area contributed by atoms with Crippen LogP contribution in [0.5, 0.6) is 0 Å². The Hall–Kier alpha value is -3.08. The van der Waals surface area contributed by atoms with Gasteiger partial charge in [0.05, 0.1) is 12.7 Å². The molecule has 114 valence electrons. The normalized spacial score (nSPS) is 11.2. The first kappa shape index (κ1) is 13.6. The summed E-state index contributed by atoms with van der Waals surface area (Å²) in [7, 11) is 0. The number of aromatic nitrogens is 1. The number of amides is 1. The third-order valence-electron chi connectivity index (χ3n) is 3.79. The molecule has 2 heterocycles. The van der Waals surface area contributed by atoms with Crippen molar-refractivity contribution >= 4 is 33.5 Å². The lowest BCUT2D eigenvalue weighted by Crippen LogP contribution is -2.14. The molecule has 0 bridgehead atoms. The van der Waals surface area contributed by atoms with Gasteiger partial charge in [-0.1, -0.05) is 35.5 Å². The van der Waals surface area contributed by atoms with Gasteiger partial charge in [-0.05, 0) is 23.8 Å². The first-order valence-corrected chi connectivity index (χ1v) is 7.32. The molecule has 23 heavy (non-hydrogen) atoms. The van der Waals surface area contributed by atoms with Gasteiger partial charge in [0.15, 0.2) is 5.82 Å². The van der Waals surface area contributed by atoms with Crippen LogP contribution < -0.4 is 5.32 Å². The lowest BCUT2D eigenvalue weighted by atomic mass is 10.0. The number of carbonyl (C=O) groups excluding carboxylic acids is 1. The van der Waals surface area contributed by atoms with Gasteiger partial charge in [0.25, 0.3) is 0 Å². The van der Waals surface area contributed by atoms with Crippen LogP contribution in [0, 0.1) is 6.92 Å². The van der Waals surface area contributed by atoms with Gasteiger partial charge < -0.3 is 14.3 Å². The fourth-order valence-corrected chi connectivity index (χ4v) is 2.79. The Morgan fingerprint density at radius 1 is 1.22 bits per heavy atom. The SMILES string of the molecule is Cc1cc(NC(=O)Cc2coc3ccc4ccccc4c23)no1. The van der Waals surface area contributed by atoms with Gasteiger partial charge in [-0.2, -0.15) is 0 Å². The molecule has 0 saturated heterocycles. The van der Waals surface area contributed by atoms with Crippen molar-refractivity contribution in [2.24, 2.45) is 0 Å². The maximum absolute atomic E-state index is 12.2. The monoisotopic (exact) mass is 306 g/mol. The van der Waals surface area contributed by atoms with E-state index in [-0.39, 0.29) is 12.3 Å². The molecule has 0 aliphatic carbocycles. The second-order valence-corrected chi connectivity index (χ2v) is 5.47. The van der Waals surface area contributed by atoms with E-state index in [0.717, 1.165) is 27.3 Å². The van der Waals surface area contributed by atoms with E-state index in [0.29, 0.717) is 11.6 Å². The molecule has 0 aliphatic heterocycles. The van der Waals surface area contributed by atoms with Gasteiger partial charge in [-0.3, -0.25) is 4.79 Å². The highest BCUT2D eigenvalue weighted by atomic mass is 16.5. The third-order valence-corrected chi connectivity index (χ3v) is 3.79. The Morgan fingerprint density at radius 3 is 2.91 bits per heavy atom. The standard InChI is InChI=1S/C18H14N2O3/c1-11-8-16(20-23-11)19-17(21)9-13-10-22-15-7-6-12-4-2-3-5-14(12)18(13)15/h2-8,10H,9H2,1H3,(H,19,20,21). The van der Waals surface area contributed by atoms with Crippen molar-refractivity contribution in [3.8, 4) is 0 Å². The zero-order chi connectivity index (χ0) is 15.8. The number of carbonyl (C=O) groups is 1. The smallest absolute Gasteiger partial charge is 0.230 e. The highest BCUT2D eigenvalue weighted by molar-refractivity contribution is 6.08. The van der Waals surface area contributed by atoms with E-state index < -0.39 is 0 Å². The van der Waals surface area contributed by atoms with Gasteiger partial charge in [0, 0.05) is 17.0 Å². The third kappa shape index (κ3) is 2.46. The number of aryl methyl sites for hydroxylation is 1. The zero-order valence-electron chi connectivity index (χ0n) is 12.5. The second kappa shape index (κ2) is 5.28. The maximum Gasteiger partial charge on any atom is 0.230 e. The average molecular weight is 306 g/mol. The van der Waals surface area contributed by atoms with E-state index >= 15 is 0 Å². The summed E-state index contributed by atoms with van der Waals surface area (Å²) in [5, 5.41) is 9.68. The van der Waals surface area contributed by atoms with Crippen LogP contribution in [0.25, 0.3) is 21.7 Å². The molecule has 1 N–H and O–H groups in total. The molecule has 4 rings (SSSR count). The molecule has 4 aromatic rings. The van der Waals surface area contributed by atoms with Crippen LogP contribution >= 0.6 is 0 Å². The van der Waals surface area contributed by atoms with Crippen molar-refractivity contribution in [3.63, 3.8) is 0 Å². The lowest BCUT2D eigenvalue weighted by Gasteiger charge is -2.02. The summed E-state index contributed by atoms with van der Waals surface area (Å²) >= 11 is 0.